The van der Waals surface area contributed by atoms with E-state index in [2.05, 4.69) is 0 Å². The summed E-state index contributed by atoms with van der Waals surface area (Å²) in [4.78, 5) is 30.1. The summed E-state index contributed by atoms with van der Waals surface area (Å²) < 4.78 is 11.2. The first kappa shape index (κ1) is 24.4. The van der Waals surface area contributed by atoms with Crippen LogP contribution < -0.4 is 0 Å². The zero-order valence-electron chi connectivity index (χ0n) is 19.5. The van der Waals surface area contributed by atoms with Crippen LogP contribution in [0.4, 0.5) is 0 Å². The van der Waals surface area contributed by atoms with Gasteiger partial charge in [0, 0.05) is 6.54 Å². The van der Waals surface area contributed by atoms with Crippen molar-refractivity contribution in [3.05, 3.63) is 119 Å². The predicted molar refractivity (Wildman–Crippen MR) is 134 cm³/mol. The first-order valence-corrected chi connectivity index (χ1v) is 11.8. The van der Waals surface area contributed by atoms with E-state index in [0.717, 1.165) is 11.3 Å². The number of benzene rings is 2. The number of nitrogens with zero attached hydrogens (tertiary/aromatic N) is 2. The van der Waals surface area contributed by atoms with Crippen LogP contribution in [0.3, 0.4) is 0 Å². The summed E-state index contributed by atoms with van der Waals surface area (Å²) in [6, 6.07) is 24.1. The van der Waals surface area contributed by atoms with Crippen LogP contribution in [-0.4, -0.2) is 34.7 Å². The van der Waals surface area contributed by atoms with Crippen LogP contribution in [-0.2, 0) is 24.3 Å². The molecule has 0 saturated carbocycles. The third-order valence-corrected chi connectivity index (χ3v) is 5.98. The Morgan fingerprint density at radius 3 is 2.26 bits per heavy atom. The first-order valence-electron chi connectivity index (χ1n) is 11.4. The predicted octanol–water partition coefficient (Wildman–Crippen LogP) is 5.75. The Kier molecular flexibility index (Phi) is 8.06. The van der Waals surface area contributed by atoms with Gasteiger partial charge in [-0.25, -0.2) is 0 Å². The number of halogens is 1. The highest BCUT2D eigenvalue weighted by atomic mass is 35.5. The normalized spacial score (nSPS) is 10.8. The minimum absolute atomic E-state index is 0.126. The molecule has 2 aromatic heterocycles. The molecular formula is C28H27ClN2O4. The van der Waals surface area contributed by atoms with E-state index < -0.39 is 0 Å². The molecule has 6 nitrogen and oxygen atoms in total. The topological polar surface area (TPSA) is 66.9 Å². The molecule has 2 aromatic carbocycles. The number of amides is 2. The van der Waals surface area contributed by atoms with Crippen molar-refractivity contribution in [3.63, 3.8) is 0 Å². The van der Waals surface area contributed by atoms with Gasteiger partial charge in [-0.1, -0.05) is 54.1 Å². The number of furan rings is 2. The molecule has 0 aliphatic rings. The van der Waals surface area contributed by atoms with E-state index in [0.29, 0.717) is 41.6 Å². The average Bonchev–Trinajstić information content (AvgIpc) is 3.53. The van der Waals surface area contributed by atoms with E-state index in [4.69, 9.17) is 20.4 Å². The van der Waals surface area contributed by atoms with Gasteiger partial charge in [-0.05, 0) is 55.3 Å². The summed E-state index contributed by atoms with van der Waals surface area (Å²) in [6.45, 7) is 2.69. The molecular weight excluding hydrogens is 464 g/mol. The molecule has 35 heavy (non-hydrogen) atoms. The van der Waals surface area contributed by atoms with E-state index in [1.807, 2.05) is 49.4 Å². The van der Waals surface area contributed by atoms with Crippen LogP contribution in [0.5, 0.6) is 0 Å². The third kappa shape index (κ3) is 6.64. The van der Waals surface area contributed by atoms with Crippen LogP contribution in [0.1, 0.15) is 33.2 Å². The number of hydrogen-bond donors (Lipinski definition) is 0. The van der Waals surface area contributed by atoms with Crippen molar-refractivity contribution in [3.8, 4) is 0 Å². The van der Waals surface area contributed by atoms with Gasteiger partial charge in [-0.15, -0.1) is 0 Å². The summed E-state index contributed by atoms with van der Waals surface area (Å²) in [6.07, 6.45) is 2.23. The lowest BCUT2D eigenvalue weighted by Crippen LogP contribution is -2.43. The zero-order chi connectivity index (χ0) is 24.6. The Hall–Kier alpha value is -3.77. The number of carbonyl (C=O) groups excluding carboxylic acids is 2. The summed E-state index contributed by atoms with van der Waals surface area (Å²) in [5.74, 6) is 1.53. The Labute approximate surface area is 209 Å². The van der Waals surface area contributed by atoms with Crippen molar-refractivity contribution in [2.24, 2.45) is 0 Å². The van der Waals surface area contributed by atoms with E-state index in [-0.39, 0.29) is 24.9 Å². The van der Waals surface area contributed by atoms with E-state index in [9.17, 15) is 9.59 Å². The maximum Gasteiger partial charge on any atom is 0.256 e. The molecule has 7 heteroatoms. The maximum atomic E-state index is 13.6. The fourth-order valence-electron chi connectivity index (χ4n) is 3.82. The van der Waals surface area contributed by atoms with Crippen LogP contribution >= 0.6 is 11.6 Å². The second kappa shape index (κ2) is 11.6. The Bertz CT molecular complexity index is 1250. The van der Waals surface area contributed by atoms with Gasteiger partial charge in [-0.2, -0.15) is 0 Å². The molecule has 0 spiro atoms. The number of rotatable bonds is 10. The molecule has 0 fully saturated rings. The highest BCUT2D eigenvalue weighted by Crippen LogP contribution is 2.19. The van der Waals surface area contributed by atoms with Crippen LogP contribution in [0.2, 0.25) is 5.02 Å². The summed E-state index contributed by atoms with van der Waals surface area (Å²) in [5, 5.41) is 0.335. The second-order valence-electron chi connectivity index (χ2n) is 8.28. The number of hydrogen-bond acceptors (Lipinski definition) is 4. The van der Waals surface area contributed by atoms with Gasteiger partial charge in [0.25, 0.3) is 5.91 Å². The van der Waals surface area contributed by atoms with Crippen molar-refractivity contribution in [2.45, 2.75) is 26.4 Å². The van der Waals surface area contributed by atoms with Gasteiger partial charge < -0.3 is 18.6 Å². The lowest BCUT2D eigenvalue weighted by Gasteiger charge is -2.27. The standard InChI is InChI=1S/C28H27ClN2O4/c1-21-13-14-24(35-21)19-30(16-15-22-8-3-2-4-9-22)27(32)20-31(18-23-10-7-17-34-23)28(33)25-11-5-6-12-26(25)29/h2-14,17H,15-16,18-20H2,1H3. The minimum atomic E-state index is -0.336. The van der Waals surface area contributed by atoms with E-state index in [1.165, 1.54) is 4.90 Å². The van der Waals surface area contributed by atoms with Crippen LogP contribution in [0.25, 0.3) is 0 Å². The molecule has 0 aliphatic heterocycles. The highest BCUT2D eigenvalue weighted by molar-refractivity contribution is 6.33. The maximum absolute atomic E-state index is 13.6. The van der Waals surface area contributed by atoms with Crippen molar-refractivity contribution in [1.29, 1.82) is 0 Å². The number of carbonyl (C=O) groups is 2. The molecule has 4 aromatic rings. The Morgan fingerprint density at radius 1 is 0.829 bits per heavy atom. The molecule has 180 valence electrons. The zero-order valence-corrected chi connectivity index (χ0v) is 20.3. The second-order valence-corrected chi connectivity index (χ2v) is 8.69. The van der Waals surface area contributed by atoms with Gasteiger partial charge in [0.15, 0.2) is 0 Å². The molecule has 2 amide bonds. The quantitative estimate of drug-likeness (QED) is 0.284. The monoisotopic (exact) mass is 490 g/mol. The van der Waals surface area contributed by atoms with Gasteiger partial charge >= 0.3 is 0 Å². The Balaban J connectivity index is 1.55. The van der Waals surface area contributed by atoms with Crippen molar-refractivity contribution >= 4 is 23.4 Å². The number of aryl methyl sites for hydroxylation is 1. The van der Waals surface area contributed by atoms with Crippen molar-refractivity contribution in [1.82, 2.24) is 9.80 Å². The van der Waals surface area contributed by atoms with Crippen LogP contribution in [0, 0.1) is 6.92 Å². The van der Waals surface area contributed by atoms with E-state index in [1.54, 1.807) is 47.6 Å². The molecule has 0 saturated heterocycles. The average molecular weight is 491 g/mol. The SMILES string of the molecule is Cc1ccc(CN(CCc2ccccc2)C(=O)CN(Cc2ccco2)C(=O)c2ccccc2Cl)o1. The van der Waals surface area contributed by atoms with Gasteiger partial charge in [-0.3, -0.25) is 9.59 Å². The molecule has 0 radical (unpaired) electrons. The molecule has 0 N–H and O–H groups in total. The lowest BCUT2D eigenvalue weighted by atomic mass is 10.1. The van der Waals surface area contributed by atoms with E-state index >= 15 is 0 Å². The third-order valence-electron chi connectivity index (χ3n) is 5.65. The molecule has 0 unspecified atom stereocenters. The van der Waals surface area contributed by atoms with Crippen LogP contribution in [0.15, 0.2) is 94.0 Å². The fraction of sp³-hybridized carbons (Fsp3) is 0.214. The highest BCUT2D eigenvalue weighted by Gasteiger charge is 2.25. The summed E-state index contributed by atoms with van der Waals surface area (Å²) in [5.41, 5.74) is 1.46. The first-order chi connectivity index (χ1) is 17.0. The fourth-order valence-corrected chi connectivity index (χ4v) is 4.03. The molecule has 2 heterocycles. The van der Waals surface area contributed by atoms with Crippen molar-refractivity contribution in [2.75, 3.05) is 13.1 Å². The van der Waals surface area contributed by atoms with Gasteiger partial charge in [0.05, 0.1) is 29.9 Å². The lowest BCUT2D eigenvalue weighted by molar-refractivity contribution is -0.133. The molecule has 0 bridgehead atoms. The summed E-state index contributed by atoms with van der Waals surface area (Å²) in [7, 11) is 0. The van der Waals surface area contributed by atoms with Gasteiger partial charge in [0.2, 0.25) is 5.91 Å². The minimum Gasteiger partial charge on any atom is -0.467 e. The molecule has 0 aliphatic carbocycles. The molecule has 0 atom stereocenters. The van der Waals surface area contributed by atoms with Crippen molar-refractivity contribution < 1.29 is 18.4 Å². The Morgan fingerprint density at radius 2 is 1.57 bits per heavy atom. The van der Waals surface area contributed by atoms with Gasteiger partial charge in [0.1, 0.15) is 23.8 Å². The summed E-state index contributed by atoms with van der Waals surface area (Å²) >= 11 is 6.29. The smallest absolute Gasteiger partial charge is 0.256 e. The largest absolute Gasteiger partial charge is 0.467 e. The molecule has 4 rings (SSSR count).